The highest BCUT2D eigenvalue weighted by Gasteiger charge is 2.11. The molecule has 1 amide bonds. The zero-order valence-corrected chi connectivity index (χ0v) is 10.8. The van der Waals surface area contributed by atoms with E-state index in [9.17, 15) is 13.6 Å². The van der Waals surface area contributed by atoms with E-state index in [2.05, 4.69) is 12.2 Å². The maximum absolute atomic E-state index is 13.0. The smallest absolute Gasteiger partial charge is 0.251 e. The summed E-state index contributed by atoms with van der Waals surface area (Å²) < 4.78 is 25.7. The van der Waals surface area contributed by atoms with Crippen LogP contribution in [0.25, 0.3) is 0 Å². The summed E-state index contributed by atoms with van der Waals surface area (Å²) in [6.07, 6.45) is 4.20. The van der Waals surface area contributed by atoms with E-state index >= 15 is 0 Å². The quantitative estimate of drug-likeness (QED) is 0.772. The number of carbonyl (C=O) groups is 1. The molecule has 0 saturated heterocycles. The summed E-state index contributed by atoms with van der Waals surface area (Å²) in [5, 5.41) is 2.77. The second kappa shape index (κ2) is 7.09. The van der Waals surface area contributed by atoms with E-state index in [4.69, 9.17) is 0 Å². The van der Waals surface area contributed by atoms with E-state index in [0.29, 0.717) is 0 Å². The Labute approximate surface area is 106 Å². The van der Waals surface area contributed by atoms with Gasteiger partial charge in [0.15, 0.2) is 11.6 Å². The molecule has 0 aliphatic carbocycles. The van der Waals surface area contributed by atoms with Gasteiger partial charge in [-0.3, -0.25) is 4.79 Å². The molecular formula is C14H19F2NO. The molecule has 18 heavy (non-hydrogen) atoms. The second-order valence-electron chi connectivity index (χ2n) is 4.50. The molecule has 1 aromatic rings. The van der Waals surface area contributed by atoms with Gasteiger partial charge < -0.3 is 5.32 Å². The van der Waals surface area contributed by atoms with Crippen molar-refractivity contribution in [2.24, 2.45) is 0 Å². The molecule has 0 bridgehead atoms. The van der Waals surface area contributed by atoms with Gasteiger partial charge in [0.25, 0.3) is 5.91 Å². The van der Waals surface area contributed by atoms with Crippen molar-refractivity contribution in [3.05, 3.63) is 35.4 Å². The molecule has 0 aromatic heterocycles. The van der Waals surface area contributed by atoms with Crippen LogP contribution in [0.2, 0.25) is 0 Å². The molecule has 1 rings (SSSR count). The van der Waals surface area contributed by atoms with Gasteiger partial charge in [0.1, 0.15) is 0 Å². The molecule has 1 atom stereocenters. The van der Waals surface area contributed by atoms with Gasteiger partial charge in [-0.25, -0.2) is 8.78 Å². The third kappa shape index (κ3) is 4.43. The van der Waals surface area contributed by atoms with Crippen LogP contribution in [0.15, 0.2) is 18.2 Å². The molecule has 0 saturated carbocycles. The summed E-state index contributed by atoms with van der Waals surface area (Å²) in [5.41, 5.74) is 0.149. The number of unbranched alkanes of at least 4 members (excludes halogenated alkanes) is 2. The molecule has 2 nitrogen and oxygen atoms in total. The van der Waals surface area contributed by atoms with Crippen molar-refractivity contribution in [1.82, 2.24) is 5.32 Å². The van der Waals surface area contributed by atoms with Gasteiger partial charge >= 0.3 is 0 Å². The molecule has 1 unspecified atom stereocenters. The predicted octanol–water partition coefficient (Wildman–Crippen LogP) is 3.66. The highest BCUT2D eigenvalue weighted by Crippen LogP contribution is 2.09. The lowest BCUT2D eigenvalue weighted by Crippen LogP contribution is -2.32. The lowest BCUT2D eigenvalue weighted by molar-refractivity contribution is 0.0937. The summed E-state index contributed by atoms with van der Waals surface area (Å²) in [6.45, 7) is 4.03. The van der Waals surface area contributed by atoms with Crippen LogP contribution in [0, 0.1) is 11.6 Å². The zero-order chi connectivity index (χ0) is 13.5. The Kier molecular flexibility index (Phi) is 5.75. The van der Waals surface area contributed by atoms with Gasteiger partial charge in [-0.15, -0.1) is 0 Å². The standard InChI is InChI=1S/C14H19F2NO/c1-3-4-5-6-10(2)17-14(18)11-7-8-12(15)13(16)9-11/h7-10H,3-6H2,1-2H3,(H,17,18). The number of halogens is 2. The lowest BCUT2D eigenvalue weighted by Gasteiger charge is -2.13. The molecule has 100 valence electrons. The van der Waals surface area contributed by atoms with E-state index in [0.717, 1.165) is 37.8 Å². The van der Waals surface area contributed by atoms with Crippen LogP contribution in [0.3, 0.4) is 0 Å². The molecule has 4 heteroatoms. The summed E-state index contributed by atoms with van der Waals surface area (Å²) in [7, 11) is 0. The van der Waals surface area contributed by atoms with Crippen LogP contribution in [-0.2, 0) is 0 Å². The molecule has 0 heterocycles. The molecule has 1 N–H and O–H groups in total. The SMILES string of the molecule is CCCCCC(C)NC(=O)c1ccc(F)c(F)c1. The minimum atomic E-state index is -0.999. The number of carbonyl (C=O) groups excluding carboxylic acids is 1. The molecule has 0 spiro atoms. The first kappa shape index (κ1) is 14.6. The van der Waals surface area contributed by atoms with Crippen molar-refractivity contribution in [2.45, 2.75) is 45.6 Å². The summed E-state index contributed by atoms with van der Waals surface area (Å²) in [6, 6.07) is 3.21. The Balaban J connectivity index is 2.51. The van der Waals surface area contributed by atoms with E-state index in [-0.39, 0.29) is 17.5 Å². The highest BCUT2D eigenvalue weighted by atomic mass is 19.2. The molecule has 0 fully saturated rings. The Bertz CT molecular complexity index is 407. The minimum absolute atomic E-state index is 0.0390. The zero-order valence-electron chi connectivity index (χ0n) is 10.8. The van der Waals surface area contributed by atoms with E-state index in [1.165, 1.54) is 6.07 Å². The normalized spacial score (nSPS) is 12.2. The number of amides is 1. The van der Waals surface area contributed by atoms with Crippen LogP contribution in [0.1, 0.15) is 49.9 Å². The first-order valence-electron chi connectivity index (χ1n) is 6.30. The van der Waals surface area contributed by atoms with Crippen LogP contribution in [-0.4, -0.2) is 11.9 Å². The van der Waals surface area contributed by atoms with Gasteiger partial charge in [0, 0.05) is 11.6 Å². The van der Waals surface area contributed by atoms with Crippen LogP contribution >= 0.6 is 0 Å². The average Bonchev–Trinajstić information content (AvgIpc) is 2.33. The molecule has 1 aromatic carbocycles. The van der Waals surface area contributed by atoms with Gasteiger partial charge in [-0.2, -0.15) is 0 Å². The highest BCUT2D eigenvalue weighted by molar-refractivity contribution is 5.94. The monoisotopic (exact) mass is 255 g/mol. The number of benzene rings is 1. The van der Waals surface area contributed by atoms with Crippen molar-refractivity contribution < 1.29 is 13.6 Å². The maximum atomic E-state index is 13.0. The molecular weight excluding hydrogens is 236 g/mol. The number of hydrogen-bond acceptors (Lipinski definition) is 1. The van der Waals surface area contributed by atoms with Crippen LogP contribution in [0.5, 0.6) is 0 Å². The Morgan fingerprint density at radius 3 is 2.61 bits per heavy atom. The van der Waals surface area contributed by atoms with E-state index in [1.807, 2.05) is 6.92 Å². The van der Waals surface area contributed by atoms with Crippen molar-refractivity contribution in [3.8, 4) is 0 Å². The van der Waals surface area contributed by atoms with Crippen molar-refractivity contribution in [1.29, 1.82) is 0 Å². The van der Waals surface area contributed by atoms with Gasteiger partial charge in [-0.1, -0.05) is 26.2 Å². The summed E-state index contributed by atoms with van der Waals surface area (Å²) in [5.74, 6) is -2.30. The first-order valence-corrected chi connectivity index (χ1v) is 6.30. The van der Waals surface area contributed by atoms with E-state index in [1.54, 1.807) is 0 Å². The fraction of sp³-hybridized carbons (Fsp3) is 0.500. The number of nitrogens with one attached hydrogen (secondary N) is 1. The van der Waals surface area contributed by atoms with Crippen molar-refractivity contribution >= 4 is 5.91 Å². The Morgan fingerprint density at radius 1 is 1.28 bits per heavy atom. The average molecular weight is 255 g/mol. The third-order valence-electron chi connectivity index (χ3n) is 2.80. The van der Waals surface area contributed by atoms with Crippen molar-refractivity contribution in [3.63, 3.8) is 0 Å². The fourth-order valence-electron chi connectivity index (χ4n) is 1.72. The number of rotatable bonds is 6. The topological polar surface area (TPSA) is 29.1 Å². The second-order valence-corrected chi connectivity index (χ2v) is 4.50. The lowest BCUT2D eigenvalue weighted by atomic mass is 10.1. The molecule has 0 radical (unpaired) electrons. The molecule has 0 aliphatic heterocycles. The largest absolute Gasteiger partial charge is 0.350 e. The van der Waals surface area contributed by atoms with Gasteiger partial charge in [0.05, 0.1) is 0 Å². The van der Waals surface area contributed by atoms with Crippen LogP contribution < -0.4 is 5.32 Å². The fourth-order valence-corrected chi connectivity index (χ4v) is 1.72. The van der Waals surface area contributed by atoms with Gasteiger partial charge in [0.2, 0.25) is 0 Å². The summed E-state index contributed by atoms with van der Waals surface area (Å²) in [4.78, 5) is 11.8. The van der Waals surface area contributed by atoms with Crippen molar-refractivity contribution in [2.75, 3.05) is 0 Å². The first-order chi connectivity index (χ1) is 8.54. The maximum Gasteiger partial charge on any atom is 0.251 e. The Hall–Kier alpha value is -1.45. The Morgan fingerprint density at radius 2 is 2.00 bits per heavy atom. The third-order valence-corrected chi connectivity index (χ3v) is 2.80. The number of hydrogen-bond donors (Lipinski definition) is 1. The van der Waals surface area contributed by atoms with Gasteiger partial charge in [-0.05, 0) is 31.5 Å². The van der Waals surface area contributed by atoms with E-state index < -0.39 is 11.6 Å². The summed E-state index contributed by atoms with van der Waals surface area (Å²) >= 11 is 0. The minimum Gasteiger partial charge on any atom is -0.350 e. The molecule has 0 aliphatic rings. The van der Waals surface area contributed by atoms with Crippen LogP contribution in [0.4, 0.5) is 8.78 Å². The predicted molar refractivity (Wildman–Crippen MR) is 67.4 cm³/mol.